The molecule has 0 radical (unpaired) electrons. The van der Waals surface area contributed by atoms with Gasteiger partial charge in [0, 0.05) is 39.1 Å². The zero-order valence-corrected chi connectivity index (χ0v) is 14.5. The van der Waals surface area contributed by atoms with E-state index in [1.807, 2.05) is 30.3 Å². The molecule has 0 bridgehead atoms. The van der Waals surface area contributed by atoms with Crippen LogP contribution in [0, 0.1) is 0 Å². The molecule has 1 atom stereocenters. The Labute approximate surface area is 147 Å². The lowest BCUT2D eigenvalue weighted by Gasteiger charge is -2.24. The van der Waals surface area contributed by atoms with Crippen LogP contribution in [0.15, 0.2) is 30.3 Å². The molecule has 2 rings (SSSR count). The molecule has 25 heavy (non-hydrogen) atoms. The Bertz CT molecular complexity index is 606. The Morgan fingerprint density at radius 3 is 2.68 bits per heavy atom. The van der Waals surface area contributed by atoms with E-state index >= 15 is 0 Å². The van der Waals surface area contributed by atoms with E-state index in [-0.39, 0.29) is 37.4 Å². The van der Waals surface area contributed by atoms with Gasteiger partial charge < -0.3 is 20.2 Å². The number of benzene rings is 1. The summed E-state index contributed by atoms with van der Waals surface area (Å²) in [5.74, 6) is -0.990. The van der Waals surface area contributed by atoms with Gasteiger partial charge in [-0.2, -0.15) is 0 Å². The van der Waals surface area contributed by atoms with Gasteiger partial charge >= 0.3 is 12.0 Å². The van der Waals surface area contributed by atoms with Crippen molar-refractivity contribution in [3.63, 3.8) is 0 Å². The first-order valence-electron chi connectivity index (χ1n) is 8.51. The number of amides is 3. The fraction of sp³-hybridized carbons (Fsp3) is 0.500. The molecule has 0 aliphatic carbocycles. The van der Waals surface area contributed by atoms with Gasteiger partial charge in [0.1, 0.15) is 0 Å². The number of nitrogens with zero attached hydrogens (tertiary/aromatic N) is 2. The molecular weight excluding hydrogens is 322 g/mol. The maximum absolute atomic E-state index is 12.2. The lowest BCUT2D eigenvalue weighted by Crippen LogP contribution is -2.41. The number of urea groups is 1. The smallest absolute Gasteiger partial charge is 0.317 e. The molecule has 1 unspecified atom stereocenters. The summed E-state index contributed by atoms with van der Waals surface area (Å²) in [6, 6.07) is 9.20. The highest BCUT2D eigenvalue weighted by Crippen LogP contribution is 2.20. The number of carboxylic acid groups (broad SMARTS) is 1. The van der Waals surface area contributed by atoms with Crippen LogP contribution in [0.3, 0.4) is 0 Å². The van der Waals surface area contributed by atoms with Crippen LogP contribution < -0.4 is 5.32 Å². The molecule has 2 N–H and O–H groups in total. The molecule has 3 amide bonds. The standard InChI is InChI=1S/C18H25N3O4/c1-20(13-14-6-3-2-4-7-14)18(25)19-10-9-16(22)21-11-5-8-15(21)12-17(23)24/h2-4,6-7,15H,5,8-13H2,1H3,(H,19,25)(H,23,24). The largest absolute Gasteiger partial charge is 0.481 e. The number of carboxylic acids is 1. The number of hydrogen-bond donors (Lipinski definition) is 2. The maximum atomic E-state index is 12.2. The average Bonchev–Trinajstić information content (AvgIpc) is 3.03. The summed E-state index contributed by atoms with van der Waals surface area (Å²) >= 11 is 0. The molecule has 7 nitrogen and oxygen atoms in total. The van der Waals surface area contributed by atoms with E-state index in [2.05, 4.69) is 5.32 Å². The number of aliphatic carboxylic acids is 1. The normalized spacial score (nSPS) is 16.5. The number of carbonyl (C=O) groups is 3. The molecule has 1 heterocycles. The first-order valence-corrected chi connectivity index (χ1v) is 8.51. The third-order valence-electron chi connectivity index (χ3n) is 4.33. The van der Waals surface area contributed by atoms with Crippen molar-refractivity contribution in [3.05, 3.63) is 35.9 Å². The fourth-order valence-electron chi connectivity index (χ4n) is 3.06. The highest BCUT2D eigenvalue weighted by molar-refractivity contribution is 5.79. The summed E-state index contributed by atoms with van der Waals surface area (Å²) in [5, 5.41) is 11.6. The van der Waals surface area contributed by atoms with Crippen molar-refractivity contribution >= 4 is 17.9 Å². The van der Waals surface area contributed by atoms with Gasteiger partial charge in [-0.25, -0.2) is 4.79 Å². The predicted molar refractivity (Wildman–Crippen MR) is 92.9 cm³/mol. The molecular formula is C18H25N3O4. The molecule has 136 valence electrons. The van der Waals surface area contributed by atoms with E-state index < -0.39 is 5.97 Å². The van der Waals surface area contributed by atoms with Crippen molar-refractivity contribution in [1.29, 1.82) is 0 Å². The molecule has 1 aliphatic heterocycles. The van der Waals surface area contributed by atoms with Crippen molar-refractivity contribution in [2.24, 2.45) is 0 Å². The third-order valence-corrected chi connectivity index (χ3v) is 4.33. The van der Waals surface area contributed by atoms with Gasteiger partial charge in [-0.05, 0) is 18.4 Å². The Morgan fingerprint density at radius 1 is 1.28 bits per heavy atom. The van der Waals surface area contributed by atoms with Gasteiger partial charge in [-0.1, -0.05) is 30.3 Å². The molecule has 1 aromatic rings. The fourth-order valence-corrected chi connectivity index (χ4v) is 3.06. The van der Waals surface area contributed by atoms with Gasteiger partial charge in [0.15, 0.2) is 0 Å². The van der Waals surface area contributed by atoms with E-state index in [1.165, 1.54) is 0 Å². The second-order valence-electron chi connectivity index (χ2n) is 6.30. The van der Waals surface area contributed by atoms with E-state index in [0.29, 0.717) is 13.1 Å². The predicted octanol–water partition coefficient (Wildman–Crippen LogP) is 1.68. The maximum Gasteiger partial charge on any atom is 0.317 e. The number of carbonyl (C=O) groups excluding carboxylic acids is 2. The first-order chi connectivity index (χ1) is 12.0. The summed E-state index contributed by atoms with van der Waals surface area (Å²) in [6.07, 6.45) is 1.72. The van der Waals surface area contributed by atoms with Crippen molar-refractivity contribution in [2.45, 2.75) is 38.3 Å². The summed E-state index contributed by atoms with van der Waals surface area (Å²) in [7, 11) is 1.70. The second-order valence-corrected chi connectivity index (χ2v) is 6.30. The van der Waals surface area contributed by atoms with Gasteiger partial charge in [0.25, 0.3) is 0 Å². The molecule has 1 saturated heterocycles. The lowest BCUT2D eigenvalue weighted by molar-refractivity contribution is -0.139. The summed E-state index contributed by atoms with van der Waals surface area (Å²) in [4.78, 5) is 38.4. The van der Waals surface area contributed by atoms with Crippen LogP contribution in [0.1, 0.15) is 31.2 Å². The topological polar surface area (TPSA) is 90.0 Å². The molecule has 7 heteroatoms. The Kier molecular flexibility index (Phi) is 6.80. The highest BCUT2D eigenvalue weighted by atomic mass is 16.4. The number of rotatable bonds is 7. The lowest BCUT2D eigenvalue weighted by atomic mass is 10.1. The monoisotopic (exact) mass is 347 g/mol. The van der Waals surface area contributed by atoms with E-state index in [4.69, 9.17) is 5.11 Å². The molecule has 0 saturated carbocycles. The van der Waals surface area contributed by atoms with Crippen LogP contribution in [-0.4, -0.2) is 59.0 Å². The Balaban J connectivity index is 1.73. The van der Waals surface area contributed by atoms with E-state index in [9.17, 15) is 14.4 Å². The Morgan fingerprint density at radius 2 is 2.00 bits per heavy atom. The zero-order chi connectivity index (χ0) is 18.2. The molecule has 1 aliphatic rings. The van der Waals surface area contributed by atoms with Gasteiger partial charge in [-0.15, -0.1) is 0 Å². The van der Waals surface area contributed by atoms with Crippen LogP contribution in [0.5, 0.6) is 0 Å². The summed E-state index contributed by atoms with van der Waals surface area (Å²) in [6.45, 7) is 1.33. The summed E-state index contributed by atoms with van der Waals surface area (Å²) in [5.41, 5.74) is 1.03. The molecule has 0 aromatic heterocycles. The van der Waals surface area contributed by atoms with Gasteiger partial charge in [-0.3, -0.25) is 9.59 Å². The minimum Gasteiger partial charge on any atom is -0.481 e. The number of nitrogens with one attached hydrogen (secondary N) is 1. The van der Waals surface area contributed by atoms with Crippen LogP contribution in [0.4, 0.5) is 4.79 Å². The quantitative estimate of drug-likeness (QED) is 0.785. The Hall–Kier alpha value is -2.57. The van der Waals surface area contributed by atoms with Crippen molar-refractivity contribution in [3.8, 4) is 0 Å². The molecule has 0 spiro atoms. The number of likely N-dealkylation sites (tertiary alicyclic amines) is 1. The van der Waals surface area contributed by atoms with Gasteiger partial charge in [0.2, 0.25) is 5.91 Å². The van der Waals surface area contributed by atoms with Crippen LogP contribution >= 0.6 is 0 Å². The van der Waals surface area contributed by atoms with Gasteiger partial charge in [0.05, 0.1) is 6.42 Å². The highest BCUT2D eigenvalue weighted by Gasteiger charge is 2.29. The first kappa shape index (κ1) is 18.8. The second kappa shape index (κ2) is 9.05. The van der Waals surface area contributed by atoms with Crippen molar-refractivity contribution in [1.82, 2.24) is 15.1 Å². The average molecular weight is 347 g/mol. The minimum absolute atomic E-state index is 0.0160. The third kappa shape index (κ3) is 5.77. The van der Waals surface area contributed by atoms with Crippen LogP contribution in [0.2, 0.25) is 0 Å². The van der Waals surface area contributed by atoms with Crippen molar-refractivity contribution in [2.75, 3.05) is 20.1 Å². The summed E-state index contributed by atoms with van der Waals surface area (Å²) < 4.78 is 0. The molecule has 1 fully saturated rings. The van der Waals surface area contributed by atoms with E-state index in [0.717, 1.165) is 18.4 Å². The van der Waals surface area contributed by atoms with Crippen LogP contribution in [0.25, 0.3) is 0 Å². The SMILES string of the molecule is CN(Cc1ccccc1)C(=O)NCCC(=O)N1CCCC1CC(=O)O. The minimum atomic E-state index is -0.888. The van der Waals surface area contributed by atoms with Crippen LogP contribution in [-0.2, 0) is 16.1 Å². The number of hydrogen-bond acceptors (Lipinski definition) is 3. The zero-order valence-electron chi connectivity index (χ0n) is 14.5. The molecule has 1 aromatic carbocycles. The van der Waals surface area contributed by atoms with E-state index in [1.54, 1.807) is 16.8 Å². The van der Waals surface area contributed by atoms with Crippen molar-refractivity contribution < 1.29 is 19.5 Å².